The first-order valence-corrected chi connectivity index (χ1v) is 8.58. The molecule has 2 N–H and O–H groups in total. The zero-order valence-corrected chi connectivity index (χ0v) is 19.1. The minimum atomic E-state index is 0. The molecule has 0 aromatic heterocycles. The maximum absolute atomic E-state index is 5.56. The highest BCUT2D eigenvalue weighted by Crippen LogP contribution is 2.20. The van der Waals surface area contributed by atoms with Crippen LogP contribution in [0.2, 0.25) is 0 Å². The van der Waals surface area contributed by atoms with Crippen LogP contribution < -0.4 is 15.4 Å². The molecular weight excluding hydrogens is 445 g/mol. The van der Waals surface area contributed by atoms with Gasteiger partial charge in [0.05, 0.1) is 12.7 Å². The summed E-state index contributed by atoms with van der Waals surface area (Å²) in [6, 6.07) is 8.00. The lowest BCUT2D eigenvalue weighted by Gasteiger charge is -2.30. The molecule has 0 heterocycles. The Kier molecular flexibility index (Phi) is 12.6. The Morgan fingerprint density at radius 3 is 2.23 bits per heavy atom. The molecule has 0 fully saturated rings. The number of nitrogens with zero attached hydrogens (tertiary/aromatic N) is 1. The van der Waals surface area contributed by atoms with Gasteiger partial charge in [0.1, 0.15) is 12.4 Å². The Hall–Kier alpha value is -1.06. The van der Waals surface area contributed by atoms with E-state index in [2.05, 4.69) is 36.4 Å². The first kappa shape index (κ1) is 24.9. The number of ether oxygens (including phenoxy) is 3. The normalized spacial score (nSPS) is 12.9. The van der Waals surface area contributed by atoms with Crippen LogP contribution in [-0.4, -0.2) is 53.1 Å². The summed E-state index contributed by atoms with van der Waals surface area (Å²) in [6.07, 6.45) is 0.106. The van der Waals surface area contributed by atoms with Crippen molar-refractivity contribution in [2.75, 3.05) is 41.0 Å². The van der Waals surface area contributed by atoms with E-state index in [1.165, 1.54) is 0 Å². The SMILES string of the molecule is CN=C(NCc1ccc(OCCOC)cc1)NCC(OC)C(C)(C)C.I. The number of nitrogens with one attached hydrogen (secondary N) is 2. The van der Waals surface area contributed by atoms with Gasteiger partial charge in [0.2, 0.25) is 0 Å². The summed E-state index contributed by atoms with van der Waals surface area (Å²) in [5.74, 6) is 1.60. The van der Waals surface area contributed by atoms with Crippen molar-refractivity contribution in [2.24, 2.45) is 10.4 Å². The van der Waals surface area contributed by atoms with E-state index < -0.39 is 0 Å². The van der Waals surface area contributed by atoms with Crippen LogP contribution in [0.5, 0.6) is 5.75 Å². The van der Waals surface area contributed by atoms with Crippen LogP contribution in [0.1, 0.15) is 26.3 Å². The summed E-state index contributed by atoms with van der Waals surface area (Å²) in [4.78, 5) is 4.26. The minimum absolute atomic E-state index is 0. The molecule has 1 atom stereocenters. The third kappa shape index (κ3) is 9.59. The third-order valence-electron chi connectivity index (χ3n) is 3.87. The maximum atomic E-state index is 5.56. The fourth-order valence-corrected chi connectivity index (χ4v) is 2.29. The van der Waals surface area contributed by atoms with Crippen molar-refractivity contribution in [3.05, 3.63) is 29.8 Å². The molecule has 7 heteroatoms. The number of hydrogen-bond donors (Lipinski definition) is 2. The average molecular weight is 479 g/mol. The van der Waals surface area contributed by atoms with Crippen LogP contribution in [0.3, 0.4) is 0 Å². The van der Waals surface area contributed by atoms with Gasteiger partial charge in [-0.3, -0.25) is 4.99 Å². The molecule has 150 valence electrons. The number of benzene rings is 1. The topological polar surface area (TPSA) is 64.1 Å². The van der Waals surface area contributed by atoms with Crippen molar-refractivity contribution in [3.8, 4) is 5.75 Å². The molecule has 0 radical (unpaired) electrons. The van der Waals surface area contributed by atoms with Crippen LogP contribution in [0.4, 0.5) is 0 Å². The Labute approximate surface area is 175 Å². The standard InChI is InChI=1S/C19H33N3O3.HI/c1-19(2,3)17(24-6)14-22-18(20-4)21-13-15-7-9-16(10-8-15)25-12-11-23-5;/h7-10,17H,11-14H2,1-6H3,(H2,20,21,22);1H. The molecule has 6 nitrogen and oxygen atoms in total. The molecule has 0 aliphatic carbocycles. The van der Waals surface area contributed by atoms with Crippen molar-refractivity contribution < 1.29 is 14.2 Å². The summed E-state index contributed by atoms with van der Waals surface area (Å²) in [5, 5.41) is 6.63. The molecule has 0 amide bonds. The first-order chi connectivity index (χ1) is 11.9. The second kappa shape index (κ2) is 13.2. The second-order valence-corrected chi connectivity index (χ2v) is 6.88. The zero-order chi connectivity index (χ0) is 18.7. The molecule has 0 saturated heterocycles. The average Bonchev–Trinajstić information content (AvgIpc) is 2.58. The Morgan fingerprint density at radius 1 is 1.08 bits per heavy atom. The smallest absolute Gasteiger partial charge is 0.191 e. The van der Waals surface area contributed by atoms with E-state index in [0.29, 0.717) is 26.3 Å². The Balaban J connectivity index is 0.00000625. The first-order valence-electron chi connectivity index (χ1n) is 8.58. The van der Waals surface area contributed by atoms with Gasteiger partial charge in [0.15, 0.2) is 5.96 Å². The summed E-state index contributed by atoms with van der Waals surface area (Å²) in [6.45, 7) is 9.01. The Bertz CT molecular complexity index is 516. The molecule has 1 rings (SSSR count). The lowest BCUT2D eigenvalue weighted by atomic mass is 9.89. The molecule has 0 aliphatic heterocycles. The number of halogens is 1. The van der Waals surface area contributed by atoms with E-state index in [-0.39, 0.29) is 35.5 Å². The summed E-state index contributed by atoms with van der Waals surface area (Å²) in [5.41, 5.74) is 1.22. The number of guanidine groups is 1. The molecule has 1 aromatic rings. The van der Waals surface area contributed by atoms with Crippen LogP contribution in [0, 0.1) is 5.41 Å². The van der Waals surface area contributed by atoms with E-state index in [1.54, 1.807) is 21.3 Å². The molecule has 1 aromatic carbocycles. The van der Waals surface area contributed by atoms with Gasteiger partial charge in [0.25, 0.3) is 0 Å². The van der Waals surface area contributed by atoms with Gasteiger partial charge in [-0.25, -0.2) is 0 Å². The van der Waals surface area contributed by atoms with Gasteiger partial charge < -0.3 is 24.8 Å². The fourth-order valence-electron chi connectivity index (χ4n) is 2.29. The van der Waals surface area contributed by atoms with Crippen LogP contribution in [-0.2, 0) is 16.0 Å². The van der Waals surface area contributed by atoms with E-state index in [1.807, 2.05) is 24.3 Å². The Morgan fingerprint density at radius 2 is 1.73 bits per heavy atom. The molecule has 0 bridgehead atoms. The highest BCUT2D eigenvalue weighted by molar-refractivity contribution is 14.0. The quantitative estimate of drug-likeness (QED) is 0.247. The third-order valence-corrected chi connectivity index (χ3v) is 3.87. The van der Waals surface area contributed by atoms with E-state index in [9.17, 15) is 0 Å². The highest BCUT2D eigenvalue weighted by atomic mass is 127. The second-order valence-electron chi connectivity index (χ2n) is 6.88. The van der Waals surface area contributed by atoms with Crippen molar-refractivity contribution in [3.63, 3.8) is 0 Å². The van der Waals surface area contributed by atoms with Crippen molar-refractivity contribution in [1.29, 1.82) is 0 Å². The van der Waals surface area contributed by atoms with Gasteiger partial charge >= 0.3 is 0 Å². The zero-order valence-electron chi connectivity index (χ0n) is 16.8. The summed E-state index contributed by atoms with van der Waals surface area (Å²) >= 11 is 0. The van der Waals surface area contributed by atoms with Crippen LogP contribution >= 0.6 is 24.0 Å². The van der Waals surface area contributed by atoms with Crippen LogP contribution in [0.15, 0.2) is 29.3 Å². The molecule has 0 spiro atoms. The molecule has 0 saturated carbocycles. The lowest BCUT2D eigenvalue weighted by molar-refractivity contribution is 0.0205. The summed E-state index contributed by atoms with van der Waals surface area (Å²) < 4.78 is 16.1. The number of methoxy groups -OCH3 is 2. The van der Waals surface area contributed by atoms with Gasteiger partial charge in [0, 0.05) is 34.4 Å². The lowest BCUT2D eigenvalue weighted by Crippen LogP contribution is -2.45. The van der Waals surface area contributed by atoms with Crippen molar-refractivity contribution in [2.45, 2.75) is 33.4 Å². The molecule has 26 heavy (non-hydrogen) atoms. The van der Waals surface area contributed by atoms with Gasteiger partial charge in [-0.15, -0.1) is 24.0 Å². The monoisotopic (exact) mass is 479 g/mol. The van der Waals surface area contributed by atoms with Crippen molar-refractivity contribution in [1.82, 2.24) is 10.6 Å². The number of rotatable bonds is 9. The maximum Gasteiger partial charge on any atom is 0.191 e. The predicted molar refractivity (Wildman–Crippen MR) is 118 cm³/mol. The van der Waals surface area contributed by atoms with Crippen LogP contribution in [0.25, 0.3) is 0 Å². The number of aliphatic imine (C=N–C) groups is 1. The molecular formula is C19H34IN3O3. The van der Waals surface area contributed by atoms with E-state index >= 15 is 0 Å². The van der Waals surface area contributed by atoms with E-state index in [0.717, 1.165) is 17.3 Å². The van der Waals surface area contributed by atoms with Crippen molar-refractivity contribution >= 4 is 29.9 Å². The minimum Gasteiger partial charge on any atom is -0.491 e. The largest absolute Gasteiger partial charge is 0.491 e. The number of hydrogen-bond acceptors (Lipinski definition) is 4. The molecule has 1 unspecified atom stereocenters. The fraction of sp³-hybridized carbons (Fsp3) is 0.632. The van der Waals surface area contributed by atoms with Gasteiger partial charge in [-0.05, 0) is 23.1 Å². The van der Waals surface area contributed by atoms with E-state index in [4.69, 9.17) is 14.2 Å². The van der Waals surface area contributed by atoms with Gasteiger partial charge in [-0.1, -0.05) is 32.9 Å². The van der Waals surface area contributed by atoms with Gasteiger partial charge in [-0.2, -0.15) is 0 Å². The predicted octanol–water partition coefficient (Wildman–Crippen LogP) is 3.06. The highest BCUT2D eigenvalue weighted by Gasteiger charge is 2.24. The summed E-state index contributed by atoms with van der Waals surface area (Å²) in [7, 11) is 5.17. The molecule has 0 aliphatic rings.